The fourth-order valence-electron chi connectivity index (χ4n) is 3.96. The van der Waals surface area contributed by atoms with E-state index < -0.39 is 30.3 Å². The minimum Gasteiger partial charge on any atom is -0.390 e. The Morgan fingerprint density at radius 2 is 2.00 bits per heavy atom. The zero-order valence-corrected chi connectivity index (χ0v) is 18.5. The lowest BCUT2D eigenvalue weighted by Crippen LogP contribution is -2.31. The van der Waals surface area contributed by atoms with Gasteiger partial charge >= 0.3 is 0 Å². The van der Waals surface area contributed by atoms with Gasteiger partial charge in [0, 0.05) is 11.5 Å². The summed E-state index contributed by atoms with van der Waals surface area (Å²) in [7, 11) is 0. The van der Waals surface area contributed by atoms with Crippen LogP contribution in [0.1, 0.15) is 31.1 Å². The Hall–Kier alpha value is -2.56. The monoisotopic (exact) mass is 477 g/mol. The molecule has 0 bridgehead atoms. The quantitative estimate of drug-likeness (QED) is 0.415. The molecule has 168 valence electrons. The van der Waals surface area contributed by atoms with Crippen molar-refractivity contribution in [2.24, 2.45) is 5.92 Å². The number of aliphatic hydroxyl groups is 3. The van der Waals surface area contributed by atoms with E-state index in [4.69, 9.17) is 23.2 Å². The normalized spacial score (nSPS) is 23.9. The lowest BCUT2D eigenvalue weighted by molar-refractivity contribution is -0.112. The van der Waals surface area contributed by atoms with Crippen molar-refractivity contribution in [3.8, 4) is 0 Å². The molecule has 1 aliphatic carbocycles. The number of nitrogens with one attached hydrogen (secondary N) is 1. The van der Waals surface area contributed by atoms with Crippen LogP contribution in [-0.4, -0.2) is 53.2 Å². The minimum absolute atomic E-state index is 0.220. The predicted octanol–water partition coefficient (Wildman–Crippen LogP) is 2.66. The number of amides is 1. The summed E-state index contributed by atoms with van der Waals surface area (Å²) in [6.07, 6.45) is -0.532. The maximum Gasteiger partial charge on any atom is 0.251 e. The van der Waals surface area contributed by atoms with E-state index in [9.17, 15) is 20.1 Å². The maximum atomic E-state index is 12.0. The zero-order valence-electron chi connectivity index (χ0n) is 17.0. The number of benzene rings is 1. The lowest BCUT2D eigenvalue weighted by Gasteiger charge is -2.22. The van der Waals surface area contributed by atoms with Crippen molar-refractivity contribution in [2.75, 3.05) is 5.32 Å². The standard InChI is InChI=1S/C21H21Cl2N5O4/c1-9(2)21(32)27-19-12-7-26-28(20(12)25-8-24-19)15-6-11(17(30)18(15)31)16(29)10-3-4-13(22)14(23)5-10/h3-5,7-8,11,15-18,29-31H,1,6H2,2H3,(H,24,25,27,32)/t11-,15-,16?,17-,18+/m1/s1. The van der Waals surface area contributed by atoms with Crippen molar-refractivity contribution in [1.29, 1.82) is 0 Å². The molecule has 0 spiro atoms. The smallest absolute Gasteiger partial charge is 0.251 e. The number of fused-ring (bicyclic) bond motifs is 1. The molecule has 1 aliphatic rings. The molecule has 4 rings (SSSR count). The molecule has 0 saturated heterocycles. The molecule has 2 heterocycles. The first kappa shape index (κ1) is 22.6. The van der Waals surface area contributed by atoms with E-state index in [0.29, 0.717) is 27.2 Å². The van der Waals surface area contributed by atoms with Gasteiger partial charge in [0.1, 0.15) is 18.2 Å². The average Bonchev–Trinajstić information content (AvgIpc) is 3.31. The second kappa shape index (κ2) is 8.76. The molecule has 1 aromatic carbocycles. The van der Waals surface area contributed by atoms with E-state index in [1.807, 2.05) is 0 Å². The predicted molar refractivity (Wildman–Crippen MR) is 119 cm³/mol. The van der Waals surface area contributed by atoms with Gasteiger partial charge in [0.15, 0.2) is 5.65 Å². The molecular weight excluding hydrogens is 457 g/mol. The van der Waals surface area contributed by atoms with Crippen LogP contribution in [0.25, 0.3) is 11.0 Å². The van der Waals surface area contributed by atoms with Crippen molar-refractivity contribution in [3.05, 3.63) is 58.5 Å². The molecular formula is C21H21Cl2N5O4. The first-order chi connectivity index (χ1) is 15.2. The van der Waals surface area contributed by atoms with Crippen LogP contribution in [0.4, 0.5) is 5.82 Å². The molecule has 0 radical (unpaired) electrons. The number of carbonyl (C=O) groups excluding carboxylic acids is 1. The molecule has 1 fully saturated rings. The summed E-state index contributed by atoms with van der Waals surface area (Å²) < 4.78 is 1.48. The Labute approximate surface area is 193 Å². The van der Waals surface area contributed by atoms with Gasteiger partial charge in [0.2, 0.25) is 0 Å². The highest BCUT2D eigenvalue weighted by Crippen LogP contribution is 2.43. The van der Waals surface area contributed by atoms with Gasteiger partial charge in [-0.15, -0.1) is 0 Å². The van der Waals surface area contributed by atoms with E-state index in [0.717, 1.165) is 0 Å². The highest BCUT2D eigenvalue weighted by Gasteiger charge is 2.46. The molecule has 5 atom stereocenters. The third-order valence-electron chi connectivity index (χ3n) is 5.71. The fourth-order valence-corrected chi connectivity index (χ4v) is 4.27. The van der Waals surface area contributed by atoms with Gasteiger partial charge < -0.3 is 20.6 Å². The number of aromatic nitrogens is 4. The summed E-state index contributed by atoms with van der Waals surface area (Å²) >= 11 is 12.0. The van der Waals surface area contributed by atoms with Gasteiger partial charge in [0.05, 0.1) is 39.9 Å². The van der Waals surface area contributed by atoms with Crippen LogP contribution < -0.4 is 5.32 Å². The largest absolute Gasteiger partial charge is 0.390 e. The molecule has 9 nitrogen and oxygen atoms in total. The molecule has 32 heavy (non-hydrogen) atoms. The minimum atomic E-state index is -1.21. The van der Waals surface area contributed by atoms with Crippen LogP contribution in [0.15, 0.2) is 42.9 Å². The summed E-state index contributed by atoms with van der Waals surface area (Å²) in [5, 5.41) is 40.4. The van der Waals surface area contributed by atoms with Gasteiger partial charge in [-0.1, -0.05) is 35.8 Å². The van der Waals surface area contributed by atoms with Gasteiger partial charge in [-0.05, 0) is 31.0 Å². The van der Waals surface area contributed by atoms with Crippen molar-refractivity contribution in [3.63, 3.8) is 0 Å². The Morgan fingerprint density at radius 3 is 2.69 bits per heavy atom. The highest BCUT2D eigenvalue weighted by molar-refractivity contribution is 6.42. The Kier molecular flexibility index (Phi) is 6.19. The van der Waals surface area contributed by atoms with E-state index >= 15 is 0 Å². The summed E-state index contributed by atoms with van der Waals surface area (Å²) in [6.45, 7) is 5.18. The fraction of sp³-hybridized carbons (Fsp3) is 0.333. The van der Waals surface area contributed by atoms with Gasteiger partial charge in [-0.3, -0.25) is 4.79 Å². The van der Waals surface area contributed by atoms with E-state index in [1.165, 1.54) is 23.3 Å². The van der Waals surface area contributed by atoms with Gasteiger partial charge in [0.25, 0.3) is 5.91 Å². The van der Waals surface area contributed by atoms with E-state index in [-0.39, 0.29) is 23.2 Å². The Bertz CT molecular complexity index is 1200. The van der Waals surface area contributed by atoms with Crippen LogP contribution in [0.5, 0.6) is 0 Å². The number of nitrogens with zero attached hydrogens (tertiary/aromatic N) is 4. The molecule has 4 N–H and O–H groups in total. The molecule has 2 aromatic heterocycles. The van der Waals surface area contributed by atoms with Crippen molar-refractivity contribution in [2.45, 2.75) is 37.7 Å². The summed E-state index contributed by atoms with van der Waals surface area (Å²) in [4.78, 5) is 20.3. The molecule has 3 aromatic rings. The van der Waals surface area contributed by atoms with Gasteiger partial charge in [-0.2, -0.15) is 5.10 Å². The molecule has 1 saturated carbocycles. The number of anilines is 1. The Morgan fingerprint density at radius 1 is 1.25 bits per heavy atom. The van der Waals surface area contributed by atoms with Gasteiger partial charge in [-0.25, -0.2) is 14.6 Å². The molecule has 1 unspecified atom stereocenters. The summed E-state index contributed by atoms with van der Waals surface area (Å²) in [5.74, 6) is -0.815. The molecule has 1 amide bonds. The second-order valence-corrected chi connectivity index (χ2v) is 8.66. The molecule has 11 heteroatoms. The van der Waals surface area contributed by atoms with Crippen LogP contribution in [0.3, 0.4) is 0 Å². The average molecular weight is 478 g/mol. The van der Waals surface area contributed by atoms with E-state index in [2.05, 4.69) is 27.0 Å². The highest BCUT2D eigenvalue weighted by atomic mass is 35.5. The summed E-state index contributed by atoms with van der Waals surface area (Å²) in [6, 6.07) is 4.06. The lowest BCUT2D eigenvalue weighted by atomic mass is 9.92. The summed E-state index contributed by atoms with van der Waals surface area (Å²) in [5.41, 5.74) is 1.17. The van der Waals surface area contributed by atoms with Crippen molar-refractivity contribution in [1.82, 2.24) is 19.7 Å². The van der Waals surface area contributed by atoms with Crippen LogP contribution in [0.2, 0.25) is 10.0 Å². The van der Waals surface area contributed by atoms with Crippen LogP contribution in [0, 0.1) is 5.92 Å². The third-order valence-corrected chi connectivity index (χ3v) is 6.45. The van der Waals surface area contributed by atoms with Crippen LogP contribution >= 0.6 is 23.2 Å². The second-order valence-electron chi connectivity index (χ2n) is 7.85. The van der Waals surface area contributed by atoms with Crippen molar-refractivity contribution >= 4 is 46.0 Å². The van der Waals surface area contributed by atoms with E-state index in [1.54, 1.807) is 19.1 Å². The third kappa shape index (κ3) is 3.98. The number of aliphatic hydroxyl groups excluding tert-OH is 3. The first-order valence-electron chi connectivity index (χ1n) is 9.83. The SMILES string of the molecule is C=C(C)C(=O)Nc1ncnc2c1cnn2[C@@H]1C[C@H](C(O)c2ccc(Cl)c(Cl)c2)[C@@H](O)[C@H]1O. The molecule has 0 aliphatic heterocycles. The number of rotatable bonds is 5. The number of carbonyl (C=O) groups is 1. The topological polar surface area (TPSA) is 133 Å². The zero-order chi connectivity index (χ0) is 23.2. The van der Waals surface area contributed by atoms with Crippen LogP contribution in [-0.2, 0) is 4.79 Å². The Balaban J connectivity index is 1.63. The number of hydrogen-bond acceptors (Lipinski definition) is 7. The van der Waals surface area contributed by atoms with Crippen molar-refractivity contribution < 1.29 is 20.1 Å². The first-order valence-corrected chi connectivity index (χ1v) is 10.6. The number of halogens is 2. The maximum absolute atomic E-state index is 12.0. The number of hydrogen-bond donors (Lipinski definition) is 4.